The van der Waals surface area contributed by atoms with E-state index in [4.69, 9.17) is 4.84 Å². The van der Waals surface area contributed by atoms with E-state index in [1.807, 2.05) is 60.7 Å². The van der Waals surface area contributed by atoms with Gasteiger partial charge in [-0.2, -0.15) is 0 Å². The zero-order valence-electron chi connectivity index (χ0n) is 9.58. The van der Waals surface area contributed by atoms with Crippen molar-refractivity contribution in [2.75, 3.05) is 0 Å². The summed E-state index contributed by atoms with van der Waals surface area (Å²) < 4.78 is 0. The highest BCUT2D eigenvalue weighted by atomic mass is 16.9. The normalized spacial score (nSPS) is 15.4. The molecule has 18 heavy (non-hydrogen) atoms. The first-order valence-electron chi connectivity index (χ1n) is 5.63. The topological polar surface area (TPSA) is 44.7 Å². The summed E-state index contributed by atoms with van der Waals surface area (Å²) in [7, 11) is 0. The van der Waals surface area contributed by atoms with Crippen LogP contribution in [0.5, 0.6) is 0 Å². The molecule has 0 bridgehead atoms. The average molecular weight is 240 g/mol. The number of nitrogens with one attached hydrogen (secondary N) is 1. The van der Waals surface area contributed by atoms with Gasteiger partial charge in [0.15, 0.2) is 5.76 Å². The number of hydrogen-bond acceptors (Lipinski definition) is 4. The number of hydrazine groups is 1. The minimum absolute atomic E-state index is 0.601. The van der Waals surface area contributed by atoms with Gasteiger partial charge in [0, 0.05) is 11.1 Å². The Labute approximate surface area is 105 Å². The molecule has 4 nitrogen and oxygen atoms in total. The summed E-state index contributed by atoms with van der Waals surface area (Å²) in [5.41, 5.74) is 5.36. The molecule has 1 heterocycles. The van der Waals surface area contributed by atoms with Crippen LogP contribution in [0.2, 0.25) is 0 Å². The molecule has 2 aromatic carbocycles. The van der Waals surface area contributed by atoms with Crippen LogP contribution in [0, 0.1) is 0 Å². The van der Waals surface area contributed by atoms with Crippen molar-refractivity contribution in [3.8, 4) is 0 Å². The molecule has 2 N–H and O–H groups in total. The molecule has 0 radical (unpaired) electrons. The van der Waals surface area contributed by atoms with Gasteiger partial charge >= 0.3 is 0 Å². The summed E-state index contributed by atoms with van der Waals surface area (Å²) in [5, 5.41) is 10.1. The lowest BCUT2D eigenvalue weighted by atomic mass is 10.1. The summed E-state index contributed by atoms with van der Waals surface area (Å²) in [4.78, 5) is 5.27. The maximum atomic E-state index is 9.45. The molecule has 0 saturated carbocycles. The average Bonchev–Trinajstić information content (AvgIpc) is 2.83. The molecule has 90 valence electrons. The smallest absolute Gasteiger partial charge is 0.185 e. The summed E-state index contributed by atoms with van der Waals surface area (Å²) in [6.45, 7) is 0. The van der Waals surface area contributed by atoms with E-state index in [1.54, 1.807) is 0 Å². The molecular weight excluding hydrogens is 228 g/mol. The van der Waals surface area contributed by atoms with Crippen LogP contribution in [-0.2, 0) is 4.84 Å². The maximum Gasteiger partial charge on any atom is 0.185 e. The van der Waals surface area contributed by atoms with Crippen molar-refractivity contribution >= 4 is 11.5 Å². The Morgan fingerprint density at radius 1 is 0.833 bits per heavy atom. The van der Waals surface area contributed by atoms with Crippen molar-refractivity contribution in [3.05, 3.63) is 71.8 Å². The highest BCUT2D eigenvalue weighted by molar-refractivity contribution is 5.87. The van der Waals surface area contributed by atoms with Gasteiger partial charge in [0.05, 0.1) is 5.34 Å². The molecule has 0 aliphatic carbocycles. The van der Waals surface area contributed by atoms with E-state index < -0.39 is 0 Å². The molecule has 1 aliphatic rings. The van der Waals surface area contributed by atoms with Crippen LogP contribution >= 0.6 is 0 Å². The van der Waals surface area contributed by atoms with Crippen LogP contribution < -0.4 is 5.43 Å². The quantitative estimate of drug-likeness (QED) is 0.847. The Balaban J connectivity index is 2.09. The zero-order valence-corrected chi connectivity index (χ0v) is 9.58. The van der Waals surface area contributed by atoms with Gasteiger partial charge < -0.3 is 4.84 Å². The van der Waals surface area contributed by atoms with E-state index in [-0.39, 0.29) is 0 Å². The lowest BCUT2D eigenvalue weighted by Gasteiger charge is -2.06. The van der Waals surface area contributed by atoms with E-state index in [0.29, 0.717) is 11.1 Å². The lowest BCUT2D eigenvalue weighted by molar-refractivity contribution is -0.314. The number of hydrogen-bond donors (Lipinski definition) is 2. The fourth-order valence-corrected chi connectivity index (χ4v) is 1.89. The van der Waals surface area contributed by atoms with E-state index >= 15 is 0 Å². The van der Waals surface area contributed by atoms with Gasteiger partial charge in [-0.1, -0.05) is 60.7 Å². The lowest BCUT2D eigenvalue weighted by Crippen LogP contribution is -2.26. The third kappa shape index (κ3) is 1.95. The Kier molecular flexibility index (Phi) is 2.72. The Hall–Kier alpha value is -2.30. The standard InChI is InChI=1S/C14H12N2O2/c17-16-15-13(11-7-3-1-4-8-11)14(18-16)12-9-5-2-6-10-12/h1-10,15,17H. The highest BCUT2D eigenvalue weighted by Crippen LogP contribution is 2.30. The van der Waals surface area contributed by atoms with Crippen LogP contribution in [-0.4, -0.2) is 10.5 Å². The Morgan fingerprint density at radius 2 is 1.39 bits per heavy atom. The number of nitrogens with zero attached hydrogens (tertiary/aromatic N) is 1. The van der Waals surface area contributed by atoms with E-state index in [9.17, 15) is 5.21 Å². The Morgan fingerprint density at radius 3 is 2.00 bits per heavy atom. The summed E-state index contributed by atoms with van der Waals surface area (Å²) >= 11 is 0. The van der Waals surface area contributed by atoms with Crippen LogP contribution in [0.25, 0.3) is 11.5 Å². The van der Waals surface area contributed by atoms with Gasteiger partial charge in [0.1, 0.15) is 5.70 Å². The van der Waals surface area contributed by atoms with Crippen molar-refractivity contribution in [2.24, 2.45) is 0 Å². The monoisotopic (exact) mass is 240 g/mol. The second kappa shape index (κ2) is 4.52. The van der Waals surface area contributed by atoms with Gasteiger partial charge in [0.2, 0.25) is 0 Å². The molecule has 3 rings (SSSR count). The molecule has 2 aromatic rings. The number of benzene rings is 2. The van der Waals surface area contributed by atoms with E-state index in [1.165, 1.54) is 0 Å². The SMILES string of the molecule is ON1NC(c2ccccc2)=C(c2ccccc2)O1. The largest absolute Gasteiger partial charge is 0.359 e. The minimum Gasteiger partial charge on any atom is -0.359 e. The molecule has 0 amide bonds. The first-order chi connectivity index (χ1) is 8.84. The summed E-state index contributed by atoms with van der Waals surface area (Å²) in [5.74, 6) is 0.601. The summed E-state index contributed by atoms with van der Waals surface area (Å²) in [6, 6.07) is 19.4. The first kappa shape index (κ1) is 10.8. The van der Waals surface area contributed by atoms with Crippen LogP contribution in [0.1, 0.15) is 11.1 Å². The molecule has 0 aromatic heterocycles. The van der Waals surface area contributed by atoms with E-state index in [2.05, 4.69) is 5.43 Å². The van der Waals surface area contributed by atoms with Crippen LogP contribution in [0.15, 0.2) is 60.7 Å². The predicted octanol–water partition coefficient (Wildman–Crippen LogP) is 2.65. The van der Waals surface area contributed by atoms with Gasteiger partial charge in [-0.05, 0) is 0 Å². The third-order valence-electron chi connectivity index (χ3n) is 2.71. The molecular formula is C14H12N2O2. The van der Waals surface area contributed by atoms with Gasteiger partial charge in [-0.15, -0.1) is 0 Å². The van der Waals surface area contributed by atoms with Crippen molar-refractivity contribution in [1.82, 2.24) is 10.8 Å². The fourth-order valence-electron chi connectivity index (χ4n) is 1.89. The summed E-state index contributed by atoms with van der Waals surface area (Å²) in [6.07, 6.45) is 0. The third-order valence-corrected chi connectivity index (χ3v) is 2.71. The molecule has 0 saturated heterocycles. The van der Waals surface area contributed by atoms with E-state index in [0.717, 1.165) is 16.8 Å². The molecule has 0 atom stereocenters. The van der Waals surface area contributed by atoms with Crippen molar-refractivity contribution in [3.63, 3.8) is 0 Å². The van der Waals surface area contributed by atoms with Gasteiger partial charge in [-0.3, -0.25) is 10.6 Å². The molecule has 4 heteroatoms. The zero-order chi connectivity index (χ0) is 12.4. The van der Waals surface area contributed by atoms with Gasteiger partial charge in [0.25, 0.3) is 0 Å². The maximum absolute atomic E-state index is 9.45. The van der Waals surface area contributed by atoms with Crippen LogP contribution in [0.3, 0.4) is 0 Å². The first-order valence-corrected chi connectivity index (χ1v) is 5.63. The minimum atomic E-state index is 0.601. The van der Waals surface area contributed by atoms with Crippen molar-refractivity contribution in [2.45, 2.75) is 0 Å². The predicted molar refractivity (Wildman–Crippen MR) is 67.5 cm³/mol. The van der Waals surface area contributed by atoms with Gasteiger partial charge in [-0.25, -0.2) is 0 Å². The highest BCUT2D eigenvalue weighted by Gasteiger charge is 2.24. The molecule has 0 spiro atoms. The van der Waals surface area contributed by atoms with Crippen molar-refractivity contribution in [1.29, 1.82) is 0 Å². The molecule has 1 aliphatic heterocycles. The molecule has 0 unspecified atom stereocenters. The second-order valence-electron chi connectivity index (χ2n) is 3.91. The van der Waals surface area contributed by atoms with Crippen molar-refractivity contribution < 1.29 is 10.0 Å². The Bertz CT molecular complexity index is 515. The molecule has 0 fully saturated rings. The van der Waals surface area contributed by atoms with Crippen LogP contribution in [0.4, 0.5) is 0 Å². The second-order valence-corrected chi connectivity index (χ2v) is 3.91. The fraction of sp³-hybridized carbons (Fsp3) is 0. The number of rotatable bonds is 2.